The first-order valence-electron chi connectivity index (χ1n) is 5.41. The van der Waals surface area contributed by atoms with E-state index in [1.165, 1.54) is 0 Å². The average Bonchev–Trinajstić information content (AvgIpc) is 2.37. The van der Waals surface area contributed by atoms with Crippen LogP contribution in [-0.2, 0) is 4.74 Å². The Morgan fingerprint density at radius 1 is 1.42 bits per heavy atom. The Balaban J connectivity index is 2.59. The number of nitro groups is 1. The molecule has 0 radical (unpaired) electrons. The summed E-state index contributed by atoms with van der Waals surface area (Å²) in [6, 6.07) is 2.69. The Bertz CT molecular complexity index is 470. The van der Waals surface area contributed by atoms with E-state index in [9.17, 15) is 19.3 Å². The first kappa shape index (κ1) is 15.3. The van der Waals surface area contributed by atoms with Gasteiger partial charge in [0.2, 0.25) is 0 Å². The van der Waals surface area contributed by atoms with E-state index in [1.807, 2.05) is 0 Å². The molecule has 0 atom stereocenters. The molecule has 0 saturated heterocycles. The highest BCUT2D eigenvalue weighted by molar-refractivity contribution is 6.17. The van der Waals surface area contributed by atoms with Crippen LogP contribution in [0.4, 0.5) is 10.1 Å². The van der Waals surface area contributed by atoms with Gasteiger partial charge in [0.15, 0.2) is 0 Å². The summed E-state index contributed by atoms with van der Waals surface area (Å²) in [5, 5.41) is 13.0. The predicted octanol–water partition coefficient (Wildman–Crippen LogP) is 1.72. The van der Waals surface area contributed by atoms with Crippen LogP contribution in [0.1, 0.15) is 10.4 Å². The van der Waals surface area contributed by atoms with E-state index in [0.29, 0.717) is 12.5 Å². The summed E-state index contributed by atoms with van der Waals surface area (Å²) in [6.45, 7) is 0.832. The van der Waals surface area contributed by atoms with E-state index >= 15 is 0 Å². The number of nitro benzene ring substituents is 1. The number of halogens is 2. The van der Waals surface area contributed by atoms with Crippen molar-refractivity contribution in [2.24, 2.45) is 0 Å². The zero-order chi connectivity index (χ0) is 14.3. The Kier molecular flexibility index (Phi) is 6.17. The van der Waals surface area contributed by atoms with Crippen molar-refractivity contribution in [3.63, 3.8) is 0 Å². The van der Waals surface area contributed by atoms with Gasteiger partial charge in [0, 0.05) is 24.1 Å². The van der Waals surface area contributed by atoms with Crippen LogP contribution in [-0.4, -0.2) is 36.5 Å². The van der Waals surface area contributed by atoms with Gasteiger partial charge >= 0.3 is 0 Å². The summed E-state index contributed by atoms with van der Waals surface area (Å²) in [5.41, 5.74) is -0.576. The number of carbonyl (C=O) groups is 1. The lowest BCUT2D eigenvalue weighted by atomic mass is 10.2. The van der Waals surface area contributed by atoms with E-state index in [0.717, 1.165) is 18.2 Å². The molecule has 0 aliphatic rings. The van der Waals surface area contributed by atoms with Crippen LogP contribution in [0.15, 0.2) is 18.2 Å². The van der Waals surface area contributed by atoms with E-state index in [2.05, 4.69) is 5.32 Å². The largest absolute Gasteiger partial charge is 0.378 e. The first-order chi connectivity index (χ1) is 9.04. The Morgan fingerprint density at radius 3 is 2.79 bits per heavy atom. The molecule has 1 aromatic carbocycles. The molecule has 1 amide bonds. The van der Waals surface area contributed by atoms with Crippen molar-refractivity contribution in [1.29, 1.82) is 0 Å². The molecule has 0 aliphatic carbocycles. The molecule has 0 bridgehead atoms. The molecule has 19 heavy (non-hydrogen) atoms. The maximum atomic E-state index is 13.1. The molecule has 0 unspecified atom stereocenters. The fourth-order valence-electron chi connectivity index (χ4n) is 1.31. The summed E-state index contributed by atoms with van der Waals surface area (Å²) < 4.78 is 18.1. The zero-order valence-electron chi connectivity index (χ0n) is 9.90. The molecule has 6 nitrogen and oxygen atoms in total. The molecule has 0 aromatic heterocycles. The number of hydrogen-bond donors (Lipinski definition) is 1. The highest BCUT2D eigenvalue weighted by Gasteiger charge is 2.14. The number of nitrogens with zero attached hydrogens (tertiary/aromatic N) is 1. The lowest BCUT2D eigenvalue weighted by Gasteiger charge is -2.05. The lowest BCUT2D eigenvalue weighted by molar-refractivity contribution is -0.385. The molecule has 1 rings (SSSR count). The minimum absolute atomic E-state index is 0.107. The molecular formula is C11H12ClFN2O4. The van der Waals surface area contributed by atoms with Gasteiger partial charge in [0.25, 0.3) is 11.6 Å². The zero-order valence-corrected chi connectivity index (χ0v) is 10.7. The number of rotatable bonds is 7. The second-order valence-electron chi connectivity index (χ2n) is 3.51. The van der Waals surface area contributed by atoms with Crippen LogP contribution in [0.5, 0.6) is 0 Å². The minimum atomic E-state index is -0.835. The van der Waals surface area contributed by atoms with Crippen molar-refractivity contribution >= 4 is 23.2 Å². The molecular weight excluding hydrogens is 279 g/mol. The smallest absolute Gasteiger partial charge is 0.273 e. The van der Waals surface area contributed by atoms with Crippen LogP contribution >= 0.6 is 11.6 Å². The van der Waals surface area contributed by atoms with Crippen LogP contribution in [0.2, 0.25) is 0 Å². The molecule has 0 saturated carbocycles. The third-order valence-corrected chi connectivity index (χ3v) is 2.26. The van der Waals surface area contributed by atoms with Crippen LogP contribution in [0.25, 0.3) is 0 Å². The number of ether oxygens (including phenoxy) is 1. The molecule has 0 spiro atoms. The molecule has 104 valence electrons. The lowest BCUT2D eigenvalue weighted by Crippen LogP contribution is -2.27. The maximum Gasteiger partial charge on any atom is 0.273 e. The molecule has 8 heteroatoms. The van der Waals surface area contributed by atoms with Crippen molar-refractivity contribution in [3.05, 3.63) is 39.7 Å². The van der Waals surface area contributed by atoms with E-state index in [-0.39, 0.29) is 18.7 Å². The highest BCUT2D eigenvalue weighted by Crippen LogP contribution is 2.16. The van der Waals surface area contributed by atoms with Crippen molar-refractivity contribution < 1.29 is 18.8 Å². The third-order valence-electron chi connectivity index (χ3n) is 2.11. The standard InChI is InChI=1S/C11H12ClFN2O4/c12-1-3-19-4-2-14-11(16)8-5-9(13)7-10(6-8)15(17)18/h5-7H,1-4H2,(H,14,16). The van der Waals surface area contributed by atoms with E-state index in [1.54, 1.807) is 0 Å². The number of benzene rings is 1. The highest BCUT2D eigenvalue weighted by atomic mass is 35.5. The van der Waals surface area contributed by atoms with Crippen molar-refractivity contribution in [1.82, 2.24) is 5.32 Å². The predicted molar refractivity (Wildman–Crippen MR) is 66.9 cm³/mol. The second kappa shape index (κ2) is 7.65. The first-order valence-corrected chi connectivity index (χ1v) is 5.95. The number of non-ortho nitro benzene ring substituents is 1. The number of hydrogen-bond acceptors (Lipinski definition) is 4. The summed E-state index contributed by atoms with van der Waals surface area (Å²) in [7, 11) is 0. The summed E-state index contributed by atoms with van der Waals surface area (Å²) in [5.74, 6) is -1.08. The van der Waals surface area contributed by atoms with Gasteiger partial charge in [-0.1, -0.05) is 0 Å². The number of nitrogens with one attached hydrogen (secondary N) is 1. The van der Waals surface area contributed by atoms with Gasteiger partial charge in [0.1, 0.15) is 5.82 Å². The minimum Gasteiger partial charge on any atom is -0.378 e. The molecule has 0 heterocycles. The number of amides is 1. The van der Waals surface area contributed by atoms with Crippen LogP contribution in [0.3, 0.4) is 0 Å². The maximum absolute atomic E-state index is 13.1. The monoisotopic (exact) mass is 290 g/mol. The van der Waals surface area contributed by atoms with Gasteiger partial charge in [-0.25, -0.2) is 4.39 Å². The van der Waals surface area contributed by atoms with E-state index < -0.39 is 22.3 Å². The molecule has 1 N–H and O–H groups in total. The van der Waals surface area contributed by atoms with Gasteiger partial charge in [-0.15, -0.1) is 11.6 Å². The number of alkyl halides is 1. The quantitative estimate of drug-likeness (QED) is 0.359. The fraction of sp³-hybridized carbons (Fsp3) is 0.364. The molecule has 0 aliphatic heterocycles. The van der Waals surface area contributed by atoms with Gasteiger partial charge < -0.3 is 10.1 Å². The van der Waals surface area contributed by atoms with Gasteiger partial charge in [-0.2, -0.15) is 0 Å². The Morgan fingerprint density at radius 2 is 2.16 bits per heavy atom. The van der Waals surface area contributed by atoms with Gasteiger partial charge in [-0.05, 0) is 6.07 Å². The Hall–Kier alpha value is -1.73. The van der Waals surface area contributed by atoms with Crippen molar-refractivity contribution in [2.75, 3.05) is 25.6 Å². The topological polar surface area (TPSA) is 81.5 Å². The fourth-order valence-corrected chi connectivity index (χ4v) is 1.42. The van der Waals surface area contributed by atoms with Crippen LogP contribution in [0, 0.1) is 15.9 Å². The normalized spacial score (nSPS) is 10.2. The molecule has 1 aromatic rings. The van der Waals surface area contributed by atoms with Crippen LogP contribution < -0.4 is 5.32 Å². The summed E-state index contributed by atoms with van der Waals surface area (Å²) in [6.07, 6.45) is 0. The summed E-state index contributed by atoms with van der Waals surface area (Å²) in [4.78, 5) is 21.4. The van der Waals surface area contributed by atoms with Gasteiger partial charge in [-0.3, -0.25) is 14.9 Å². The van der Waals surface area contributed by atoms with E-state index in [4.69, 9.17) is 16.3 Å². The summed E-state index contributed by atoms with van der Waals surface area (Å²) >= 11 is 5.39. The average molecular weight is 291 g/mol. The second-order valence-corrected chi connectivity index (χ2v) is 3.89. The third kappa shape index (κ3) is 5.19. The van der Waals surface area contributed by atoms with Gasteiger partial charge in [0.05, 0.1) is 24.2 Å². The van der Waals surface area contributed by atoms with Crippen molar-refractivity contribution in [2.45, 2.75) is 0 Å². The SMILES string of the molecule is O=C(NCCOCCCl)c1cc(F)cc([N+](=O)[O-])c1. The number of carbonyl (C=O) groups excluding carboxylic acids is 1. The molecule has 0 fully saturated rings. The van der Waals surface area contributed by atoms with Crippen molar-refractivity contribution in [3.8, 4) is 0 Å². The Labute approximate surface area is 113 Å².